The van der Waals surface area contributed by atoms with Crippen molar-refractivity contribution in [1.29, 1.82) is 0 Å². The number of Topliss-reactive ketones (excluding diaryl/α,β-unsaturated/α-hetero) is 2. The molecular formula is C12H16O2. The van der Waals surface area contributed by atoms with Gasteiger partial charge in [-0.25, -0.2) is 0 Å². The van der Waals surface area contributed by atoms with Gasteiger partial charge in [0.25, 0.3) is 0 Å². The molecule has 0 radical (unpaired) electrons. The third-order valence-corrected chi connectivity index (χ3v) is 4.57. The van der Waals surface area contributed by atoms with Gasteiger partial charge in [0.2, 0.25) is 11.6 Å². The summed E-state index contributed by atoms with van der Waals surface area (Å²) in [5.41, 5.74) is 0. The molecule has 0 bridgehead atoms. The van der Waals surface area contributed by atoms with Gasteiger partial charge in [0.15, 0.2) is 0 Å². The van der Waals surface area contributed by atoms with Crippen LogP contribution in [0, 0.1) is 23.7 Å². The summed E-state index contributed by atoms with van der Waals surface area (Å²) >= 11 is 0. The minimum Gasteiger partial charge on any atom is -0.291 e. The molecule has 3 aliphatic carbocycles. The quantitative estimate of drug-likeness (QED) is 0.550. The van der Waals surface area contributed by atoms with E-state index in [0.717, 1.165) is 25.7 Å². The molecule has 14 heavy (non-hydrogen) atoms. The maximum absolute atomic E-state index is 11.7. The van der Waals surface area contributed by atoms with Crippen molar-refractivity contribution in [2.45, 2.75) is 38.5 Å². The Morgan fingerprint density at radius 1 is 0.786 bits per heavy atom. The van der Waals surface area contributed by atoms with Crippen molar-refractivity contribution in [2.75, 3.05) is 0 Å². The summed E-state index contributed by atoms with van der Waals surface area (Å²) in [6.45, 7) is 0. The first kappa shape index (κ1) is 8.63. The van der Waals surface area contributed by atoms with Crippen LogP contribution in [-0.4, -0.2) is 11.6 Å². The fourth-order valence-corrected chi connectivity index (χ4v) is 4.03. The van der Waals surface area contributed by atoms with Gasteiger partial charge < -0.3 is 0 Å². The summed E-state index contributed by atoms with van der Waals surface area (Å²) in [6.07, 6.45) is 6.83. The Hall–Kier alpha value is -0.660. The SMILES string of the molecule is O=C1C(=O)C2CCCC3CCCC1C32. The standard InChI is InChI=1S/C12H16O2/c13-11-8-5-1-3-7-4-2-6-9(10(7)8)12(11)14/h7-10H,1-6H2. The molecule has 0 aromatic heterocycles. The fourth-order valence-electron chi connectivity index (χ4n) is 4.03. The molecule has 0 heterocycles. The molecule has 3 fully saturated rings. The molecule has 3 saturated carbocycles. The van der Waals surface area contributed by atoms with Crippen molar-refractivity contribution in [3.63, 3.8) is 0 Å². The van der Waals surface area contributed by atoms with Gasteiger partial charge in [-0.15, -0.1) is 0 Å². The second-order valence-electron chi connectivity index (χ2n) is 5.14. The molecule has 0 aromatic carbocycles. The molecule has 0 saturated heterocycles. The smallest absolute Gasteiger partial charge is 0.202 e. The Morgan fingerprint density at radius 2 is 1.29 bits per heavy atom. The lowest BCUT2D eigenvalue weighted by Gasteiger charge is -2.39. The van der Waals surface area contributed by atoms with Crippen LogP contribution in [0.1, 0.15) is 38.5 Å². The molecule has 0 aromatic rings. The average Bonchev–Trinajstić information content (AvgIpc) is 2.47. The van der Waals surface area contributed by atoms with Crippen molar-refractivity contribution in [3.8, 4) is 0 Å². The highest BCUT2D eigenvalue weighted by Gasteiger charge is 2.54. The van der Waals surface area contributed by atoms with Crippen LogP contribution in [0.25, 0.3) is 0 Å². The zero-order valence-electron chi connectivity index (χ0n) is 8.37. The molecule has 0 spiro atoms. The molecule has 3 aliphatic rings. The van der Waals surface area contributed by atoms with E-state index in [2.05, 4.69) is 0 Å². The monoisotopic (exact) mass is 192 g/mol. The Labute approximate surface area is 84.1 Å². The number of hydrogen-bond donors (Lipinski definition) is 0. The Morgan fingerprint density at radius 3 is 1.79 bits per heavy atom. The van der Waals surface area contributed by atoms with Crippen LogP contribution in [0.3, 0.4) is 0 Å². The normalized spacial score (nSPS) is 46.6. The third-order valence-electron chi connectivity index (χ3n) is 4.57. The van der Waals surface area contributed by atoms with Crippen molar-refractivity contribution < 1.29 is 9.59 Å². The van der Waals surface area contributed by atoms with E-state index in [1.165, 1.54) is 12.8 Å². The maximum atomic E-state index is 11.7. The Bertz CT molecular complexity index is 267. The van der Waals surface area contributed by atoms with Crippen LogP contribution >= 0.6 is 0 Å². The molecule has 0 N–H and O–H groups in total. The van der Waals surface area contributed by atoms with Crippen molar-refractivity contribution in [3.05, 3.63) is 0 Å². The van der Waals surface area contributed by atoms with Crippen LogP contribution in [0.15, 0.2) is 0 Å². The number of ketones is 2. The van der Waals surface area contributed by atoms with Gasteiger partial charge in [-0.05, 0) is 24.7 Å². The second kappa shape index (κ2) is 2.91. The van der Waals surface area contributed by atoms with Gasteiger partial charge in [-0.2, -0.15) is 0 Å². The summed E-state index contributed by atoms with van der Waals surface area (Å²) in [5.74, 6) is 1.37. The molecule has 2 nitrogen and oxygen atoms in total. The van der Waals surface area contributed by atoms with E-state index in [1.54, 1.807) is 0 Å². The lowest BCUT2D eigenvalue weighted by atomic mass is 9.65. The van der Waals surface area contributed by atoms with Crippen LogP contribution in [-0.2, 0) is 9.59 Å². The number of carbonyl (C=O) groups is 2. The zero-order chi connectivity index (χ0) is 9.71. The number of carbonyl (C=O) groups excluding carboxylic acids is 2. The second-order valence-corrected chi connectivity index (χ2v) is 5.14. The first-order chi connectivity index (χ1) is 6.79. The minimum absolute atomic E-state index is 0.0217. The van der Waals surface area contributed by atoms with Gasteiger partial charge in [0.1, 0.15) is 0 Å². The lowest BCUT2D eigenvalue weighted by molar-refractivity contribution is -0.137. The highest BCUT2D eigenvalue weighted by Crippen LogP contribution is 2.51. The van der Waals surface area contributed by atoms with Crippen LogP contribution in [0.4, 0.5) is 0 Å². The Kier molecular flexibility index (Phi) is 1.80. The molecule has 2 heteroatoms. The molecular weight excluding hydrogens is 176 g/mol. The number of rotatable bonds is 0. The maximum Gasteiger partial charge on any atom is 0.202 e. The molecule has 2 unspecified atom stereocenters. The Balaban J connectivity index is 1.98. The van der Waals surface area contributed by atoms with E-state index in [9.17, 15) is 9.59 Å². The van der Waals surface area contributed by atoms with Gasteiger partial charge >= 0.3 is 0 Å². The molecule has 3 rings (SSSR count). The summed E-state index contributed by atoms with van der Waals surface area (Å²) in [7, 11) is 0. The van der Waals surface area contributed by atoms with E-state index >= 15 is 0 Å². The van der Waals surface area contributed by atoms with Crippen molar-refractivity contribution in [1.82, 2.24) is 0 Å². The fraction of sp³-hybridized carbons (Fsp3) is 0.833. The largest absolute Gasteiger partial charge is 0.291 e. The van der Waals surface area contributed by atoms with E-state index in [4.69, 9.17) is 0 Å². The minimum atomic E-state index is -0.0217. The molecule has 76 valence electrons. The highest BCUT2D eigenvalue weighted by molar-refractivity contribution is 6.41. The van der Waals surface area contributed by atoms with Crippen molar-refractivity contribution >= 4 is 11.6 Å². The van der Waals surface area contributed by atoms with Crippen LogP contribution in [0.5, 0.6) is 0 Å². The predicted molar refractivity (Wildman–Crippen MR) is 51.7 cm³/mol. The van der Waals surface area contributed by atoms with Crippen LogP contribution < -0.4 is 0 Å². The average molecular weight is 192 g/mol. The van der Waals surface area contributed by atoms with Crippen molar-refractivity contribution in [2.24, 2.45) is 23.7 Å². The first-order valence-electron chi connectivity index (χ1n) is 5.87. The van der Waals surface area contributed by atoms with Crippen LogP contribution in [0.2, 0.25) is 0 Å². The lowest BCUT2D eigenvalue weighted by Crippen LogP contribution is -2.33. The van der Waals surface area contributed by atoms with E-state index in [1.807, 2.05) is 0 Å². The van der Waals surface area contributed by atoms with Gasteiger partial charge in [-0.3, -0.25) is 9.59 Å². The molecule has 2 atom stereocenters. The summed E-state index contributed by atoms with van der Waals surface area (Å²) in [4.78, 5) is 23.5. The van der Waals surface area contributed by atoms with E-state index in [-0.39, 0.29) is 23.4 Å². The van der Waals surface area contributed by atoms with E-state index < -0.39 is 0 Å². The van der Waals surface area contributed by atoms with Gasteiger partial charge in [-0.1, -0.05) is 25.7 Å². The molecule has 0 amide bonds. The van der Waals surface area contributed by atoms with Gasteiger partial charge in [0, 0.05) is 11.8 Å². The summed E-state index contributed by atoms with van der Waals surface area (Å²) in [6, 6.07) is 0. The topological polar surface area (TPSA) is 34.1 Å². The third kappa shape index (κ3) is 0.971. The zero-order valence-corrected chi connectivity index (χ0v) is 8.37. The molecule has 0 aliphatic heterocycles. The van der Waals surface area contributed by atoms with E-state index in [0.29, 0.717) is 11.8 Å². The summed E-state index contributed by atoms with van der Waals surface area (Å²) < 4.78 is 0. The van der Waals surface area contributed by atoms with Gasteiger partial charge in [0.05, 0.1) is 0 Å². The highest BCUT2D eigenvalue weighted by atomic mass is 16.2. The predicted octanol–water partition coefficient (Wildman–Crippen LogP) is 1.97. The summed E-state index contributed by atoms with van der Waals surface area (Å²) in [5, 5.41) is 0. The number of hydrogen-bond acceptors (Lipinski definition) is 2. The first-order valence-corrected chi connectivity index (χ1v) is 5.87.